The minimum Gasteiger partial charge on any atom is -0.508 e. The summed E-state index contributed by atoms with van der Waals surface area (Å²) in [6.07, 6.45) is 7.39. The number of carbonyl (C=O) groups is 1. The van der Waals surface area contributed by atoms with Crippen molar-refractivity contribution in [2.45, 2.75) is 57.7 Å². The lowest BCUT2D eigenvalue weighted by atomic mass is 10.0. The van der Waals surface area contributed by atoms with Crippen molar-refractivity contribution in [2.24, 2.45) is 0 Å². The van der Waals surface area contributed by atoms with Gasteiger partial charge in [-0.2, -0.15) is 0 Å². The highest BCUT2D eigenvalue weighted by atomic mass is 16.5. The van der Waals surface area contributed by atoms with Crippen LogP contribution in [0.25, 0.3) is 6.08 Å². The van der Waals surface area contributed by atoms with Gasteiger partial charge in [0.05, 0.1) is 12.2 Å². The van der Waals surface area contributed by atoms with Crippen molar-refractivity contribution in [3.63, 3.8) is 0 Å². The van der Waals surface area contributed by atoms with Crippen molar-refractivity contribution < 1.29 is 24.9 Å². The first kappa shape index (κ1) is 17.3. The van der Waals surface area contributed by atoms with E-state index < -0.39 is 5.97 Å². The van der Waals surface area contributed by atoms with Crippen LogP contribution in [0.4, 0.5) is 0 Å². The average Bonchev–Trinajstić information content (AvgIpc) is 2.45. The first-order valence-electron chi connectivity index (χ1n) is 8.09. The molecule has 0 spiro atoms. The highest BCUT2D eigenvalue weighted by Gasteiger charge is 2.20. The van der Waals surface area contributed by atoms with Crippen molar-refractivity contribution in [1.82, 2.24) is 0 Å². The molecule has 1 aliphatic heterocycles. The van der Waals surface area contributed by atoms with E-state index in [2.05, 4.69) is 0 Å². The van der Waals surface area contributed by atoms with Crippen LogP contribution >= 0.6 is 0 Å². The van der Waals surface area contributed by atoms with E-state index in [1.807, 2.05) is 6.08 Å². The molecule has 0 saturated heterocycles. The summed E-state index contributed by atoms with van der Waals surface area (Å²) in [5.74, 6) is -1.00. The number of carbonyl (C=O) groups excluding carboxylic acids is 1. The van der Waals surface area contributed by atoms with E-state index >= 15 is 0 Å². The standard InChI is InChI=1S/C18H24O5/c1-12-6-5-9-14(19)8-4-2-3-7-13-10-15(20)11-16(21)17(13)18(22)23-12/h3,7,10-12,14,19-21H,2,4-6,8-9H2,1H3/b7-3-/t12-,14?/m0/s1. The van der Waals surface area contributed by atoms with E-state index in [9.17, 15) is 20.1 Å². The Bertz CT molecular complexity index is 579. The van der Waals surface area contributed by atoms with Crippen molar-refractivity contribution in [3.05, 3.63) is 29.3 Å². The fourth-order valence-electron chi connectivity index (χ4n) is 2.75. The summed E-state index contributed by atoms with van der Waals surface area (Å²) < 4.78 is 5.38. The van der Waals surface area contributed by atoms with Crippen LogP contribution in [0.3, 0.4) is 0 Å². The van der Waals surface area contributed by atoms with Gasteiger partial charge in [0.25, 0.3) is 0 Å². The molecule has 2 atom stereocenters. The largest absolute Gasteiger partial charge is 0.508 e. The van der Waals surface area contributed by atoms with Crippen LogP contribution in [-0.2, 0) is 4.74 Å². The molecule has 23 heavy (non-hydrogen) atoms. The SMILES string of the molecule is C[C@H]1CCCC(O)CCC/C=C\c2cc(O)cc(O)c2C(=O)O1. The van der Waals surface area contributed by atoms with Crippen LogP contribution in [0.1, 0.15) is 61.4 Å². The van der Waals surface area contributed by atoms with Gasteiger partial charge in [0, 0.05) is 6.07 Å². The molecule has 0 radical (unpaired) electrons. The number of phenolic OH excluding ortho intramolecular Hbond substituents is 2. The lowest BCUT2D eigenvalue weighted by molar-refractivity contribution is 0.0307. The van der Waals surface area contributed by atoms with Crippen molar-refractivity contribution in [1.29, 1.82) is 0 Å². The second kappa shape index (κ2) is 8.02. The Hall–Kier alpha value is -2.01. The molecule has 0 fully saturated rings. The monoisotopic (exact) mass is 320 g/mol. The highest BCUT2D eigenvalue weighted by molar-refractivity contribution is 5.97. The lowest BCUT2D eigenvalue weighted by Crippen LogP contribution is -2.17. The fourth-order valence-corrected chi connectivity index (χ4v) is 2.75. The van der Waals surface area contributed by atoms with E-state index in [0.29, 0.717) is 18.4 Å². The van der Waals surface area contributed by atoms with Crippen LogP contribution < -0.4 is 0 Å². The number of aliphatic hydroxyl groups is 1. The Morgan fingerprint density at radius 2 is 1.87 bits per heavy atom. The van der Waals surface area contributed by atoms with E-state index in [-0.39, 0.29) is 29.3 Å². The van der Waals surface area contributed by atoms with Crippen LogP contribution in [0.5, 0.6) is 11.5 Å². The topological polar surface area (TPSA) is 87.0 Å². The maximum absolute atomic E-state index is 12.3. The molecule has 0 bridgehead atoms. The van der Waals surface area contributed by atoms with Gasteiger partial charge in [0.1, 0.15) is 17.1 Å². The van der Waals surface area contributed by atoms with Crippen molar-refractivity contribution >= 4 is 12.0 Å². The lowest BCUT2D eigenvalue weighted by Gasteiger charge is -2.17. The van der Waals surface area contributed by atoms with Crippen molar-refractivity contribution in [2.75, 3.05) is 0 Å². The molecule has 0 amide bonds. The number of esters is 1. The molecule has 0 aliphatic carbocycles. The second-order valence-corrected chi connectivity index (χ2v) is 6.06. The number of ether oxygens (including phenoxy) is 1. The Kier molecular flexibility index (Phi) is 6.04. The predicted molar refractivity (Wildman–Crippen MR) is 87.4 cm³/mol. The summed E-state index contributed by atoms with van der Waals surface area (Å²) in [5.41, 5.74) is 0.500. The number of hydrogen-bond donors (Lipinski definition) is 3. The van der Waals surface area contributed by atoms with Gasteiger partial charge < -0.3 is 20.1 Å². The third-order valence-corrected chi connectivity index (χ3v) is 4.00. The molecule has 1 unspecified atom stereocenters. The first-order valence-corrected chi connectivity index (χ1v) is 8.09. The number of fused-ring (bicyclic) bond motifs is 1. The molecule has 2 rings (SSSR count). The van der Waals surface area contributed by atoms with E-state index in [1.54, 1.807) is 13.0 Å². The Balaban J connectivity index is 2.30. The summed E-state index contributed by atoms with van der Waals surface area (Å²) in [6, 6.07) is 2.57. The molecular formula is C18H24O5. The molecule has 1 heterocycles. The first-order chi connectivity index (χ1) is 11.0. The molecule has 1 aliphatic rings. The van der Waals surface area contributed by atoms with Crippen molar-refractivity contribution in [3.8, 4) is 11.5 Å². The Morgan fingerprint density at radius 1 is 1.13 bits per heavy atom. The fraction of sp³-hybridized carbons (Fsp3) is 0.500. The Labute approximate surface area is 136 Å². The zero-order chi connectivity index (χ0) is 16.8. The van der Waals surface area contributed by atoms with Crippen LogP contribution in [0.15, 0.2) is 18.2 Å². The number of allylic oxidation sites excluding steroid dienone is 1. The summed E-state index contributed by atoms with van der Waals surface area (Å²) in [7, 11) is 0. The van der Waals surface area contributed by atoms with Crippen LogP contribution in [0.2, 0.25) is 0 Å². The zero-order valence-electron chi connectivity index (χ0n) is 13.4. The quantitative estimate of drug-likeness (QED) is 0.638. The van der Waals surface area contributed by atoms with Gasteiger partial charge in [-0.05, 0) is 57.1 Å². The molecule has 1 aromatic rings. The number of hydrogen-bond acceptors (Lipinski definition) is 5. The molecule has 5 nitrogen and oxygen atoms in total. The second-order valence-electron chi connectivity index (χ2n) is 6.06. The minimum absolute atomic E-state index is 0.0722. The van der Waals surface area contributed by atoms with E-state index in [1.165, 1.54) is 6.07 Å². The van der Waals surface area contributed by atoms with Gasteiger partial charge >= 0.3 is 5.97 Å². The van der Waals surface area contributed by atoms with Gasteiger partial charge in [-0.1, -0.05) is 12.2 Å². The van der Waals surface area contributed by atoms with E-state index in [0.717, 1.165) is 31.7 Å². The maximum atomic E-state index is 12.3. The smallest absolute Gasteiger partial charge is 0.342 e. The molecule has 0 aromatic heterocycles. The third-order valence-electron chi connectivity index (χ3n) is 4.00. The molecule has 5 heteroatoms. The van der Waals surface area contributed by atoms with E-state index in [4.69, 9.17) is 4.74 Å². The molecule has 0 saturated carbocycles. The van der Waals surface area contributed by atoms with Gasteiger partial charge in [0.2, 0.25) is 0 Å². The third kappa shape index (κ3) is 4.99. The minimum atomic E-state index is -0.604. The maximum Gasteiger partial charge on any atom is 0.342 e. The highest BCUT2D eigenvalue weighted by Crippen LogP contribution is 2.30. The van der Waals surface area contributed by atoms with Gasteiger partial charge in [-0.15, -0.1) is 0 Å². The number of rotatable bonds is 0. The molecule has 126 valence electrons. The summed E-state index contributed by atoms with van der Waals surface area (Å²) >= 11 is 0. The molecule has 1 aromatic carbocycles. The zero-order valence-corrected chi connectivity index (χ0v) is 13.4. The number of aliphatic hydroxyl groups excluding tert-OH is 1. The van der Waals surface area contributed by atoms with Crippen LogP contribution in [-0.4, -0.2) is 33.5 Å². The Morgan fingerprint density at radius 3 is 2.65 bits per heavy atom. The number of phenols is 2. The number of benzene rings is 1. The summed E-state index contributed by atoms with van der Waals surface area (Å²) in [5, 5.41) is 29.5. The normalized spacial score (nSPS) is 25.0. The summed E-state index contributed by atoms with van der Waals surface area (Å²) in [6.45, 7) is 1.79. The molecular weight excluding hydrogens is 296 g/mol. The van der Waals surface area contributed by atoms with Crippen LogP contribution in [0, 0.1) is 0 Å². The van der Waals surface area contributed by atoms with Gasteiger partial charge in [0.15, 0.2) is 0 Å². The average molecular weight is 320 g/mol. The number of cyclic esters (lactones) is 1. The summed E-state index contributed by atoms with van der Waals surface area (Å²) in [4.78, 5) is 12.3. The number of aromatic hydroxyl groups is 2. The van der Waals surface area contributed by atoms with Gasteiger partial charge in [-0.3, -0.25) is 0 Å². The predicted octanol–water partition coefficient (Wildman–Crippen LogP) is 3.37. The molecule has 3 N–H and O–H groups in total. The van der Waals surface area contributed by atoms with Gasteiger partial charge in [-0.25, -0.2) is 4.79 Å².